The highest BCUT2D eigenvalue weighted by atomic mass is 16.5. The van der Waals surface area contributed by atoms with Crippen molar-refractivity contribution in [2.75, 3.05) is 19.0 Å². The Hall–Kier alpha value is -3.08. The Kier molecular flexibility index (Phi) is 5.69. The molecule has 5 nitrogen and oxygen atoms in total. The average molecular weight is 350 g/mol. The van der Waals surface area contributed by atoms with Gasteiger partial charge in [-0.3, -0.25) is 9.78 Å². The van der Waals surface area contributed by atoms with Gasteiger partial charge in [0.05, 0.1) is 24.9 Å². The molecule has 3 rings (SSSR count). The third-order valence-electron chi connectivity index (χ3n) is 4.22. The Labute approximate surface area is 153 Å². The standard InChI is InChI=1S/C21H22N2O3/c1-15(12-14-26-18-10-8-17(25-2)9-11-18)21(24)23-19-7-3-5-16-6-4-13-22-20(16)19/h3-11,13,15H,12,14H2,1-2H3,(H,23,24). The molecule has 0 aliphatic heterocycles. The minimum atomic E-state index is -0.174. The fourth-order valence-corrected chi connectivity index (χ4v) is 2.62. The summed E-state index contributed by atoms with van der Waals surface area (Å²) in [6, 6.07) is 17.0. The van der Waals surface area contributed by atoms with Crippen molar-refractivity contribution in [3.63, 3.8) is 0 Å². The normalized spacial score (nSPS) is 11.8. The lowest BCUT2D eigenvalue weighted by Gasteiger charge is -2.14. The third kappa shape index (κ3) is 4.30. The molecular formula is C21H22N2O3. The fourth-order valence-electron chi connectivity index (χ4n) is 2.62. The highest BCUT2D eigenvalue weighted by Crippen LogP contribution is 2.22. The van der Waals surface area contributed by atoms with Crippen LogP contribution < -0.4 is 14.8 Å². The van der Waals surface area contributed by atoms with Crippen LogP contribution in [0.5, 0.6) is 11.5 Å². The first-order valence-electron chi connectivity index (χ1n) is 8.59. The number of amides is 1. The van der Waals surface area contributed by atoms with Crippen LogP contribution in [0.25, 0.3) is 10.9 Å². The van der Waals surface area contributed by atoms with Gasteiger partial charge in [-0.1, -0.05) is 25.1 Å². The molecule has 0 aliphatic carbocycles. The number of anilines is 1. The second-order valence-electron chi connectivity index (χ2n) is 6.08. The van der Waals surface area contributed by atoms with Gasteiger partial charge in [0.25, 0.3) is 0 Å². The molecule has 0 fully saturated rings. The Balaban J connectivity index is 1.54. The van der Waals surface area contributed by atoms with Crippen molar-refractivity contribution in [2.45, 2.75) is 13.3 Å². The smallest absolute Gasteiger partial charge is 0.227 e. The van der Waals surface area contributed by atoms with Crippen LogP contribution in [-0.2, 0) is 4.79 Å². The SMILES string of the molecule is COc1ccc(OCCC(C)C(=O)Nc2cccc3cccnc23)cc1. The van der Waals surface area contributed by atoms with Crippen LogP contribution in [0.2, 0.25) is 0 Å². The number of para-hydroxylation sites is 1. The molecule has 1 aromatic heterocycles. The minimum absolute atomic E-state index is 0.0403. The van der Waals surface area contributed by atoms with Crippen molar-refractivity contribution in [3.05, 3.63) is 60.8 Å². The summed E-state index contributed by atoms with van der Waals surface area (Å²) in [5.41, 5.74) is 1.53. The summed E-state index contributed by atoms with van der Waals surface area (Å²) in [6.07, 6.45) is 2.35. The van der Waals surface area contributed by atoms with E-state index in [1.165, 1.54) is 0 Å². The number of fused-ring (bicyclic) bond motifs is 1. The first-order chi connectivity index (χ1) is 12.7. The van der Waals surface area contributed by atoms with Crippen LogP contribution in [0.15, 0.2) is 60.8 Å². The predicted molar refractivity (Wildman–Crippen MR) is 103 cm³/mol. The van der Waals surface area contributed by atoms with Crippen LogP contribution in [0.3, 0.4) is 0 Å². The first-order valence-corrected chi connectivity index (χ1v) is 8.59. The van der Waals surface area contributed by atoms with Gasteiger partial charge in [0.1, 0.15) is 11.5 Å². The summed E-state index contributed by atoms with van der Waals surface area (Å²) in [4.78, 5) is 16.8. The maximum Gasteiger partial charge on any atom is 0.227 e. The Bertz CT molecular complexity index is 873. The topological polar surface area (TPSA) is 60.5 Å². The number of nitrogens with one attached hydrogen (secondary N) is 1. The molecule has 0 spiro atoms. The lowest BCUT2D eigenvalue weighted by Crippen LogP contribution is -2.22. The van der Waals surface area contributed by atoms with E-state index in [0.717, 1.165) is 28.1 Å². The van der Waals surface area contributed by atoms with Crippen molar-refractivity contribution in [1.82, 2.24) is 4.98 Å². The summed E-state index contributed by atoms with van der Waals surface area (Å²) in [5, 5.41) is 3.98. The molecule has 0 aliphatic rings. The van der Waals surface area contributed by atoms with Gasteiger partial charge in [0, 0.05) is 17.5 Å². The lowest BCUT2D eigenvalue weighted by atomic mass is 10.1. The largest absolute Gasteiger partial charge is 0.497 e. The second-order valence-corrected chi connectivity index (χ2v) is 6.08. The minimum Gasteiger partial charge on any atom is -0.497 e. The average Bonchev–Trinajstić information content (AvgIpc) is 2.68. The van der Waals surface area contributed by atoms with Gasteiger partial charge >= 0.3 is 0 Å². The van der Waals surface area contributed by atoms with E-state index in [1.807, 2.05) is 61.5 Å². The first kappa shape index (κ1) is 17.7. The van der Waals surface area contributed by atoms with Crippen LogP contribution >= 0.6 is 0 Å². The number of hydrogen-bond donors (Lipinski definition) is 1. The van der Waals surface area contributed by atoms with Gasteiger partial charge in [0.2, 0.25) is 5.91 Å². The molecule has 0 saturated heterocycles. The summed E-state index contributed by atoms with van der Waals surface area (Å²) >= 11 is 0. The van der Waals surface area contributed by atoms with E-state index in [0.29, 0.717) is 13.0 Å². The molecule has 26 heavy (non-hydrogen) atoms. The van der Waals surface area contributed by atoms with Gasteiger partial charge in [-0.25, -0.2) is 0 Å². The van der Waals surface area contributed by atoms with Crippen LogP contribution in [0.1, 0.15) is 13.3 Å². The molecule has 1 atom stereocenters. The highest BCUT2D eigenvalue weighted by Gasteiger charge is 2.14. The zero-order chi connectivity index (χ0) is 18.4. The number of ether oxygens (including phenoxy) is 2. The Morgan fingerprint density at radius 1 is 1.08 bits per heavy atom. The summed E-state index contributed by atoms with van der Waals surface area (Å²) in [7, 11) is 1.63. The zero-order valence-electron chi connectivity index (χ0n) is 14.9. The molecule has 1 unspecified atom stereocenters. The maximum absolute atomic E-state index is 12.5. The Morgan fingerprint density at radius 2 is 1.81 bits per heavy atom. The molecule has 0 radical (unpaired) electrons. The predicted octanol–water partition coefficient (Wildman–Crippen LogP) is 4.29. The van der Waals surface area contributed by atoms with Crippen molar-refractivity contribution in [1.29, 1.82) is 0 Å². The molecular weight excluding hydrogens is 328 g/mol. The third-order valence-corrected chi connectivity index (χ3v) is 4.22. The van der Waals surface area contributed by atoms with Crippen molar-refractivity contribution in [2.24, 2.45) is 5.92 Å². The van der Waals surface area contributed by atoms with Gasteiger partial charge in [-0.15, -0.1) is 0 Å². The van der Waals surface area contributed by atoms with Crippen molar-refractivity contribution in [3.8, 4) is 11.5 Å². The number of rotatable bonds is 7. The number of carbonyl (C=O) groups excluding carboxylic acids is 1. The number of pyridine rings is 1. The summed E-state index contributed by atoms with van der Waals surface area (Å²) in [5.74, 6) is 1.33. The van der Waals surface area contributed by atoms with E-state index in [4.69, 9.17) is 9.47 Å². The van der Waals surface area contributed by atoms with Crippen LogP contribution in [0.4, 0.5) is 5.69 Å². The summed E-state index contributed by atoms with van der Waals surface area (Å²) < 4.78 is 10.8. The van der Waals surface area contributed by atoms with Gasteiger partial charge in [-0.05, 0) is 42.8 Å². The van der Waals surface area contributed by atoms with E-state index in [-0.39, 0.29) is 11.8 Å². The van der Waals surface area contributed by atoms with E-state index in [9.17, 15) is 4.79 Å². The number of hydrogen-bond acceptors (Lipinski definition) is 4. The van der Waals surface area contributed by atoms with Gasteiger partial charge in [0.15, 0.2) is 0 Å². The molecule has 1 heterocycles. The molecule has 0 bridgehead atoms. The monoisotopic (exact) mass is 350 g/mol. The lowest BCUT2D eigenvalue weighted by molar-refractivity contribution is -0.119. The molecule has 0 saturated carbocycles. The number of nitrogens with zero attached hydrogens (tertiary/aromatic N) is 1. The van der Waals surface area contributed by atoms with Gasteiger partial charge in [-0.2, -0.15) is 0 Å². The Morgan fingerprint density at radius 3 is 2.58 bits per heavy atom. The second kappa shape index (κ2) is 8.34. The van der Waals surface area contributed by atoms with E-state index >= 15 is 0 Å². The molecule has 2 aromatic carbocycles. The fraction of sp³-hybridized carbons (Fsp3) is 0.238. The molecule has 1 amide bonds. The van der Waals surface area contributed by atoms with E-state index in [1.54, 1.807) is 13.3 Å². The molecule has 3 aromatic rings. The van der Waals surface area contributed by atoms with Crippen molar-refractivity contribution < 1.29 is 14.3 Å². The number of aromatic nitrogens is 1. The zero-order valence-corrected chi connectivity index (χ0v) is 14.9. The van der Waals surface area contributed by atoms with E-state index in [2.05, 4.69) is 10.3 Å². The number of benzene rings is 2. The van der Waals surface area contributed by atoms with Crippen LogP contribution in [-0.4, -0.2) is 24.6 Å². The number of carbonyl (C=O) groups is 1. The van der Waals surface area contributed by atoms with Crippen LogP contribution in [0, 0.1) is 5.92 Å². The van der Waals surface area contributed by atoms with E-state index < -0.39 is 0 Å². The van der Waals surface area contributed by atoms with Gasteiger partial charge < -0.3 is 14.8 Å². The molecule has 1 N–H and O–H groups in total. The van der Waals surface area contributed by atoms with Crippen molar-refractivity contribution >= 4 is 22.5 Å². The highest BCUT2D eigenvalue weighted by molar-refractivity contribution is 6.00. The number of methoxy groups -OCH3 is 1. The maximum atomic E-state index is 12.5. The quantitative estimate of drug-likeness (QED) is 0.691. The summed E-state index contributed by atoms with van der Waals surface area (Å²) in [6.45, 7) is 2.36. The molecule has 134 valence electrons. The molecule has 5 heteroatoms.